The summed E-state index contributed by atoms with van der Waals surface area (Å²) in [6.45, 7) is 7.59. The van der Waals surface area contributed by atoms with Crippen molar-refractivity contribution in [3.05, 3.63) is 65.5 Å². The van der Waals surface area contributed by atoms with E-state index < -0.39 is 0 Å². The summed E-state index contributed by atoms with van der Waals surface area (Å²) in [5.74, 6) is 0.427. The van der Waals surface area contributed by atoms with Crippen molar-refractivity contribution in [2.45, 2.75) is 45.6 Å². The van der Waals surface area contributed by atoms with Crippen molar-refractivity contribution >= 4 is 0 Å². The van der Waals surface area contributed by atoms with Crippen LogP contribution in [0.3, 0.4) is 0 Å². The highest BCUT2D eigenvalue weighted by molar-refractivity contribution is 5.22. The Bertz CT molecular complexity index is 536. The Morgan fingerprint density at radius 1 is 1.14 bits per heavy atom. The third-order valence-electron chi connectivity index (χ3n) is 4.05. The van der Waals surface area contributed by atoms with Gasteiger partial charge in [0, 0.05) is 23.9 Å². The molecule has 2 atom stereocenters. The van der Waals surface area contributed by atoms with Gasteiger partial charge in [-0.05, 0) is 44.0 Å². The summed E-state index contributed by atoms with van der Waals surface area (Å²) in [6.07, 6.45) is 4.13. The van der Waals surface area contributed by atoms with E-state index in [2.05, 4.69) is 67.5 Å². The van der Waals surface area contributed by atoms with Gasteiger partial charge in [0.2, 0.25) is 0 Å². The van der Waals surface area contributed by atoms with Crippen molar-refractivity contribution in [1.82, 2.24) is 10.3 Å². The number of aromatic nitrogens is 1. The van der Waals surface area contributed by atoms with Gasteiger partial charge in [-0.3, -0.25) is 4.98 Å². The molecule has 2 heteroatoms. The summed E-state index contributed by atoms with van der Waals surface area (Å²) in [5.41, 5.74) is 3.93. The van der Waals surface area contributed by atoms with Gasteiger partial charge in [-0.1, -0.05) is 49.7 Å². The van der Waals surface area contributed by atoms with Crippen LogP contribution < -0.4 is 5.32 Å². The molecule has 0 bridgehead atoms. The Labute approximate surface area is 128 Å². The highest BCUT2D eigenvalue weighted by Gasteiger charge is 2.18. The summed E-state index contributed by atoms with van der Waals surface area (Å²) in [5, 5.41) is 3.63. The summed E-state index contributed by atoms with van der Waals surface area (Å²) >= 11 is 0. The third-order valence-corrected chi connectivity index (χ3v) is 4.05. The average Bonchev–Trinajstić information content (AvgIpc) is 2.52. The van der Waals surface area contributed by atoms with E-state index in [0.29, 0.717) is 12.0 Å². The quantitative estimate of drug-likeness (QED) is 0.827. The summed E-state index contributed by atoms with van der Waals surface area (Å²) in [6, 6.07) is 15.5. The second-order valence-corrected chi connectivity index (χ2v) is 5.74. The van der Waals surface area contributed by atoms with E-state index in [-0.39, 0.29) is 0 Å². The normalized spacial score (nSPS) is 13.9. The van der Waals surface area contributed by atoms with E-state index in [4.69, 9.17) is 0 Å². The average molecular weight is 282 g/mol. The molecule has 0 radical (unpaired) electrons. The maximum Gasteiger partial charge on any atom is 0.0447 e. The highest BCUT2D eigenvalue weighted by atomic mass is 14.9. The van der Waals surface area contributed by atoms with Crippen molar-refractivity contribution in [2.24, 2.45) is 0 Å². The smallest absolute Gasteiger partial charge is 0.0447 e. The zero-order valence-corrected chi connectivity index (χ0v) is 13.3. The summed E-state index contributed by atoms with van der Waals surface area (Å²) in [7, 11) is 0. The van der Waals surface area contributed by atoms with E-state index in [1.54, 1.807) is 0 Å². The molecule has 0 aliphatic rings. The van der Waals surface area contributed by atoms with Gasteiger partial charge >= 0.3 is 0 Å². The van der Waals surface area contributed by atoms with Gasteiger partial charge in [-0.2, -0.15) is 0 Å². The van der Waals surface area contributed by atoms with E-state index in [1.165, 1.54) is 16.8 Å². The molecule has 1 aromatic heterocycles. The van der Waals surface area contributed by atoms with Crippen LogP contribution in [0.5, 0.6) is 0 Å². The number of aryl methyl sites for hydroxylation is 2. The standard InChI is InChI=1S/C19H26N2/c1-4-20-19(16(3)18-10-5-6-13-21-18)12-11-17-9-7-8-15(2)14-17/h5-10,13-14,16,19-20H,4,11-12H2,1-3H3. The van der Waals surface area contributed by atoms with Crippen molar-refractivity contribution in [3.8, 4) is 0 Å². The number of nitrogens with one attached hydrogen (secondary N) is 1. The largest absolute Gasteiger partial charge is 0.314 e. The lowest BCUT2D eigenvalue weighted by Crippen LogP contribution is -2.34. The molecule has 0 saturated carbocycles. The minimum absolute atomic E-state index is 0.427. The SMILES string of the molecule is CCNC(CCc1cccc(C)c1)C(C)c1ccccn1. The highest BCUT2D eigenvalue weighted by Crippen LogP contribution is 2.21. The molecule has 2 rings (SSSR count). The van der Waals surface area contributed by atoms with Crippen molar-refractivity contribution < 1.29 is 0 Å². The molecule has 0 aliphatic carbocycles. The molecule has 1 N–H and O–H groups in total. The lowest BCUT2D eigenvalue weighted by atomic mass is 9.92. The van der Waals surface area contributed by atoms with Gasteiger partial charge in [0.1, 0.15) is 0 Å². The first-order chi connectivity index (χ1) is 10.2. The zero-order chi connectivity index (χ0) is 15.1. The molecule has 0 spiro atoms. The lowest BCUT2D eigenvalue weighted by molar-refractivity contribution is 0.428. The van der Waals surface area contributed by atoms with Crippen LogP contribution >= 0.6 is 0 Å². The Balaban J connectivity index is 2.02. The van der Waals surface area contributed by atoms with Crippen LogP contribution in [0.15, 0.2) is 48.7 Å². The van der Waals surface area contributed by atoms with Crippen LogP contribution in [0.2, 0.25) is 0 Å². The van der Waals surface area contributed by atoms with Gasteiger partial charge in [0.15, 0.2) is 0 Å². The van der Waals surface area contributed by atoms with Crippen molar-refractivity contribution in [1.29, 1.82) is 0 Å². The fourth-order valence-corrected chi connectivity index (χ4v) is 2.83. The molecule has 2 unspecified atom stereocenters. The molecule has 2 aromatic rings. The van der Waals surface area contributed by atoms with E-state index in [1.807, 2.05) is 12.3 Å². The Morgan fingerprint density at radius 2 is 2.00 bits per heavy atom. The zero-order valence-electron chi connectivity index (χ0n) is 13.3. The predicted octanol–water partition coefficient (Wildman–Crippen LogP) is 4.10. The first-order valence-corrected chi connectivity index (χ1v) is 7.90. The minimum atomic E-state index is 0.427. The number of rotatable bonds is 7. The van der Waals surface area contributed by atoms with Crippen LogP contribution in [0.4, 0.5) is 0 Å². The van der Waals surface area contributed by atoms with Gasteiger partial charge in [0.25, 0.3) is 0 Å². The van der Waals surface area contributed by atoms with E-state index >= 15 is 0 Å². The van der Waals surface area contributed by atoms with E-state index in [0.717, 1.165) is 19.4 Å². The monoisotopic (exact) mass is 282 g/mol. The summed E-state index contributed by atoms with van der Waals surface area (Å²) in [4.78, 5) is 4.51. The van der Waals surface area contributed by atoms with Crippen LogP contribution in [0, 0.1) is 6.92 Å². The fourth-order valence-electron chi connectivity index (χ4n) is 2.83. The van der Waals surface area contributed by atoms with Crippen LogP contribution in [-0.4, -0.2) is 17.6 Å². The Morgan fingerprint density at radius 3 is 2.67 bits per heavy atom. The number of hydrogen-bond acceptors (Lipinski definition) is 2. The molecule has 0 aliphatic heterocycles. The number of pyridine rings is 1. The topological polar surface area (TPSA) is 24.9 Å². The molecule has 21 heavy (non-hydrogen) atoms. The molecular formula is C19H26N2. The molecule has 1 aromatic carbocycles. The molecular weight excluding hydrogens is 256 g/mol. The van der Waals surface area contributed by atoms with E-state index in [9.17, 15) is 0 Å². The second-order valence-electron chi connectivity index (χ2n) is 5.74. The van der Waals surface area contributed by atoms with Crippen LogP contribution in [0.25, 0.3) is 0 Å². The first-order valence-electron chi connectivity index (χ1n) is 7.90. The number of likely N-dealkylation sites (N-methyl/N-ethyl adjacent to an activating group) is 1. The third kappa shape index (κ3) is 4.68. The minimum Gasteiger partial charge on any atom is -0.314 e. The number of nitrogens with zero attached hydrogens (tertiary/aromatic N) is 1. The van der Waals surface area contributed by atoms with Crippen molar-refractivity contribution in [2.75, 3.05) is 6.54 Å². The maximum absolute atomic E-state index is 4.51. The maximum atomic E-state index is 4.51. The number of benzene rings is 1. The van der Waals surface area contributed by atoms with Gasteiger partial charge in [-0.25, -0.2) is 0 Å². The fraction of sp³-hybridized carbons (Fsp3) is 0.421. The molecule has 0 amide bonds. The number of hydrogen-bond donors (Lipinski definition) is 1. The Hall–Kier alpha value is -1.67. The van der Waals surface area contributed by atoms with Crippen LogP contribution in [-0.2, 0) is 6.42 Å². The van der Waals surface area contributed by atoms with Crippen molar-refractivity contribution in [3.63, 3.8) is 0 Å². The molecule has 0 saturated heterocycles. The van der Waals surface area contributed by atoms with Crippen LogP contribution in [0.1, 0.15) is 43.0 Å². The Kier molecular flexibility index (Phi) is 5.94. The predicted molar refractivity (Wildman–Crippen MR) is 89.6 cm³/mol. The molecule has 0 fully saturated rings. The van der Waals surface area contributed by atoms with Gasteiger partial charge in [0.05, 0.1) is 0 Å². The lowest BCUT2D eigenvalue weighted by Gasteiger charge is -2.24. The molecule has 112 valence electrons. The second kappa shape index (κ2) is 7.94. The van der Waals surface area contributed by atoms with Gasteiger partial charge < -0.3 is 5.32 Å². The van der Waals surface area contributed by atoms with Gasteiger partial charge in [-0.15, -0.1) is 0 Å². The first kappa shape index (κ1) is 15.7. The molecule has 2 nitrogen and oxygen atoms in total. The summed E-state index contributed by atoms with van der Waals surface area (Å²) < 4.78 is 0. The molecule has 1 heterocycles.